The highest BCUT2D eigenvalue weighted by molar-refractivity contribution is 8.00. The van der Waals surface area contributed by atoms with Crippen LogP contribution in [0.3, 0.4) is 0 Å². The van der Waals surface area contributed by atoms with E-state index in [1.807, 2.05) is 0 Å². The normalized spacial score (nSPS) is 11.6. The molecule has 0 saturated carbocycles. The Hall–Kier alpha value is -1.84. The molecule has 1 unspecified atom stereocenters. The number of carboxylic acids is 1. The third-order valence-corrected chi connectivity index (χ3v) is 8.11. The zero-order chi connectivity index (χ0) is 26.7. The van der Waals surface area contributed by atoms with E-state index in [9.17, 15) is 19.5 Å². The molecule has 6 nitrogen and oxygen atoms in total. The van der Waals surface area contributed by atoms with Crippen LogP contribution in [0.1, 0.15) is 27.6 Å². The molecule has 0 radical (unpaired) electrons. The standard InChI is InChI=1S/C23H14Cl6N2O4S/c1-9(21(32)31-14-6-5-10(24)7-13(14)25)36-12-4-2-3-11(8-12)30-22(33)15-16(23(34)35)18(27)20(29)19(28)17(15)26/h2-9H,1H3,(H,30,33)(H,31,32)(H,34,35). The van der Waals surface area contributed by atoms with Crippen LogP contribution < -0.4 is 10.6 Å². The van der Waals surface area contributed by atoms with Gasteiger partial charge in [-0.15, -0.1) is 11.8 Å². The number of anilines is 2. The van der Waals surface area contributed by atoms with E-state index in [1.165, 1.54) is 17.8 Å². The monoisotopic (exact) mass is 624 g/mol. The molecule has 36 heavy (non-hydrogen) atoms. The van der Waals surface area contributed by atoms with Crippen molar-refractivity contribution in [1.29, 1.82) is 0 Å². The number of nitrogens with one attached hydrogen (secondary N) is 2. The second kappa shape index (κ2) is 12.1. The topological polar surface area (TPSA) is 95.5 Å². The van der Waals surface area contributed by atoms with Gasteiger partial charge in [0.15, 0.2) is 0 Å². The molecule has 1 atom stereocenters. The van der Waals surface area contributed by atoms with Gasteiger partial charge in [-0.25, -0.2) is 4.79 Å². The first kappa shape index (κ1) is 28.7. The Labute approximate surface area is 240 Å². The maximum absolute atomic E-state index is 13.0. The van der Waals surface area contributed by atoms with Crippen molar-refractivity contribution in [3.63, 3.8) is 0 Å². The van der Waals surface area contributed by atoms with Gasteiger partial charge in [0.05, 0.1) is 47.2 Å². The largest absolute Gasteiger partial charge is 0.478 e. The molecular weight excluding hydrogens is 613 g/mol. The minimum atomic E-state index is -1.50. The zero-order valence-electron chi connectivity index (χ0n) is 18.0. The molecule has 3 aromatic rings. The lowest BCUT2D eigenvalue weighted by Crippen LogP contribution is -2.22. The smallest absolute Gasteiger partial charge is 0.338 e. The Morgan fingerprint density at radius 2 is 1.47 bits per heavy atom. The van der Waals surface area contributed by atoms with Crippen LogP contribution in [0, 0.1) is 0 Å². The molecular formula is C23H14Cl6N2O4S. The van der Waals surface area contributed by atoms with Crippen LogP contribution in [0.5, 0.6) is 0 Å². The number of amides is 2. The van der Waals surface area contributed by atoms with E-state index in [2.05, 4.69) is 10.6 Å². The van der Waals surface area contributed by atoms with Crippen molar-refractivity contribution >= 4 is 111 Å². The number of hydrogen-bond donors (Lipinski definition) is 3. The molecule has 188 valence electrons. The van der Waals surface area contributed by atoms with E-state index >= 15 is 0 Å². The fourth-order valence-electron chi connectivity index (χ4n) is 2.97. The number of hydrogen-bond acceptors (Lipinski definition) is 4. The lowest BCUT2D eigenvalue weighted by Gasteiger charge is -2.15. The Kier molecular flexibility index (Phi) is 9.68. The summed E-state index contributed by atoms with van der Waals surface area (Å²) in [6.45, 7) is 1.70. The van der Waals surface area contributed by atoms with Gasteiger partial charge in [0.1, 0.15) is 0 Å². The maximum Gasteiger partial charge on any atom is 0.338 e. The Morgan fingerprint density at radius 1 is 0.833 bits per heavy atom. The summed E-state index contributed by atoms with van der Waals surface area (Å²) in [4.78, 5) is 38.0. The summed E-state index contributed by atoms with van der Waals surface area (Å²) in [7, 11) is 0. The van der Waals surface area contributed by atoms with Crippen molar-refractivity contribution < 1.29 is 19.5 Å². The Balaban J connectivity index is 1.78. The molecule has 13 heteroatoms. The molecule has 0 fully saturated rings. The van der Waals surface area contributed by atoms with Crippen LogP contribution in [-0.2, 0) is 4.79 Å². The van der Waals surface area contributed by atoms with E-state index in [4.69, 9.17) is 69.6 Å². The first-order valence-corrected chi connectivity index (χ1v) is 13.0. The summed E-state index contributed by atoms with van der Waals surface area (Å²) in [5.74, 6) is -2.67. The Morgan fingerprint density at radius 3 is 2.08 bits per heavy atom. The molecule has 0 aliphatic carbocycles. The van der Waals surface area contributed by atoms with Gasteiger partial charge in [-0.05, 0) is 43.3 Å². The number of carboxylic acid groups (broad SMARTS) is 1. The molecule has 0 spiro atoms. The number of halogens is 6. The number of carbonyl (C=O) groups excluding carboxylic acids is 2. The molecule has 0 heterocycles. The van der Waals surface area contributed by atoms with Gasteiger partial charge in [-0.3, -0.25) is 9.59 Å². The van der Waals surface area contributed by atoms with E-state index in [0.717, 1.165) is 0 Å². The SMILES string of the molecule is CC(Sc1cccc(NC(=O)c2c(Cl)c(Cl)c(Cl)c(Cl)c2C(=O)O)c1)C(=O)Nc1ccc(Cl)cc1Cl. The highest BCUT2D eigenvalue weighted by Crippen LogP contribution is 2.42. The second-order valence-corrected chi connectivity index (χ2v) is 10.9. The number of benzene rings is 3. The predicted octanol–water partition coefficient (Wildman–Crippen LogP) is 8.68. The minimum Gasteiger partial charge on any atom is -0.478 e. The summed E-state index contributed by atoms with van der Waals surface area (Å²) in [5.41, 5.74) is -0.279. The van der Waals surface area contributed by atoms with Crippen molar-refractivity contribution in [1.82, 2.24) is 0 Å². The maximum atomic E-state index is 13.0. The molecule has 3 N–H and O–H groups in total. The van der Waals surface area contributed by atoms with E-state index in [-0.39, 0.29) is 21.0 Å². The van der Waals surface area contributed by atoms with E-state index in [1.54, 1.807) is 43.3 Å². The van der Waals surface area contributed by atoms with Gasteiger partial charge in [0, 0.05) is 15.6 Å². The van der Waals surface area contributed by atoms with Crippen LogP contribution in [-0.4, -0.2) is 28.1 Å². The first-order chi connectivity index (χ1) is 16.9. The fraction of sp³-hybridized carbons (Fsp3) is 0.0870. The van der Waals surface area contributed by atoms with Crippen LogP contribution in [0.2, 0.25) is 30.1 Å². The van der Waals surface area contributed by atoms with Gasteiger partial charge >= 0.3 is 5.97 Å². The number of aromatic carboxylic acids is 1. The number of thioether (sulfide) groups is 1. The van der Waals surface area contributed by atoms with Crippen molar-refractivity contribution in [3.8, 4) is 0 Å². The van der Waals surface area contributed by atoms with Crippen molar-refractivity contribution in [2.75, 3.05) is 10.6 Å². The predicted molar refractivity (Wildman–Crippen MR) is 148 cm³/mol. The van der Waals surface area contributed by atoms with Crippen molar-refractivity contribution in [3.05, 3.63) is 83.7 Å². The summed E-state index contributed by atoms with van der Waals surface area (Å²) in [5, 5.41) is 13.8. The summed E-state index contributed by atoms with van der Waals surface area (Å²) in [6.07, 6.45) is 0. The third-order valence-electron chi connectivity index (χ3n) is 4.67. The first-order valence-electron chi connectivity index (χ1n) is 9.84. The van der Waals surface area contributed by atoms with Crippen molar-refractivity contribution in [2.45, 2.75) is 17.1 Å². The van der Waals surface area contributed by atoms with Crippen LogP contribution in [0.15, 0.2) is 47.4 Å². The summed E-state index contributed by atoms with van der Waals surface area (Å²) < 4.78 is 0. The highest BCUT2D eigenvalue weighted by atomic mass is 35.5. The summed E-state index contributed by atoms with van der Waals surface area (Å²) >= 11 is 37.3. The zero-order valence-corrected chi connectivity index (χ0v) is 23.3. The lowest BCUT2D eigenvalue weighted by atomic mass is 10.1. The van der Waals surface area contributed by atoms with E-state index in [0.29, 0.717) is 26.3 Å². The molecule has 0 aliphatic rings. The van der Waals surface area contributed by atoms with Gasteiger partial charge in [-0.2, -0.15) is 0 Å². The van der Waals surface area contributed by atoms with Crippen LogP contribution >= 0.6 is 81.4 Å². The minimum absolute atomic E-state index is 0.247. The van der Waals surface area contributed by atoms with Crippen LogP contribution in [0.25, 0.3) is 0 Å². The molecule has 2 amide bonds. The lowest BCUT2D eigenvalue weighted by molar-refractivity contribution is -0.115. The average molecular weight is 627 g/mol. The number of carbonyl (C=O) groups is 3. The molecule has 0 aromatic heterocycles. The van der Waals surface area contributed by atoms with Gasteiger partial charge in [0.2, 0.25) is 5.91 Å². The van der Waals surface area contributed by atoms with Gasteiger partial charge < -0.3 is 15.7 Å². The third kappa shape index (κ3) is 6.53. The quantitative estimate of drug-likeness (QED) is 0.139. The molecule has 0 bridgehead atoms. The second-order valence-electron chi connectivity index (χ2n) is 7.17. The fourth-order valence-corrected chi connectivity index (χ4v) is 5.37. The Bertz CT molecular complexity index is 1390. The molecule has 3 rings (SSSR count). The average Bonchev–Trinajstić information content (AvgIpc) is 2.81. The number of rotatable bonds is 7. The van der Waals surface area contributed by atoms with Gasteiger partial charge in [0.25, 0.3) is 5.91 Å². The van der Waals surface area contributed by atoms with Gasteiger partial charge in [-0.1, -0.05) is 75.7 Å². The molecule has 0 saturated heterocycles. The summed E-state index contributed by atoms with van der Waals surface area (Å²) in [6, 6.07) is 11.3. The molecule has 3 aromatic carbocycles. The van der Waals surface area contributed by atoms with E-state index < -0.39 is 33.3 Å². The molecule has 0 aliphatic heterocycles. The van der Waals surface area contributed by atoms with Crippen molar-refractivity contribution in [2.24, 2.45) is 0 Å². The highest BCUT2D eigenvalue weighted by Gasteiger charge is 2.29. The van der Waals surface area contributed by atoms with Crippen LogP contribution in [0.4, 0.5) is 11.4 Å².